The first kappa shape index (κ1) is 18.0. The predicted octanol–water partition coefficient (Wildman–Crippen LogP) is 4.09. The quantitative estimate of drug-likeness (QED) is 0.745. The van der Waals surface area contributed by atoms with E-state index in [0.29, 0.717) is 11.4 Å². The Labute approximate surface area is 167 Å². The number of allylic oxidation sites excluding steroid dienone is 2. The van der Waals surface area contributed by atoms with Gasteiger partial charge in [0.1, 0.15) is 10.9 Å². The normalized spacial score (nSPS) is 17.5. The van der Waals surface area contributed by atoms with Gasteiger partial charge in [-0.25, -0.2) is 0 Å². The van der Waals surface area contributed by atoms with Crippen LogP contribution in [0.2, 0.25) is 0 Å². The molecule has 4 nitrogen and oxygen atoms in total. The molecule has 1 amide bonds. The van der Waals surface area contributed by atoms with Crippen LogP contribution in [-0.4, -0.2) is 22.1 Å². The molecule has 28 heavy (non-hydrogen) atoms. The molecule has 0 fully saturated rings. The van der Waals surface area contributed by atoms with Gasteiger partial charge in [0.2, 0.25) is 0 Å². The minimum Gasteiger partial charge on any atom is -0.317 e. The first-order valence-electron chi connectivity index (χ1n) is 8.80. The molecule has 1 aliphatic carbocycles. The molecule has 1 spiro atoms. The van der Waals surface area contributed by atoms with Gasteiger partial charge in [0.15, 0.2) is 5.78 Å². The second-order valence-electron chi connectivity index (χ2n) is 6.53. The Balaban J connectivity index is 1.91. The summed E-state index contributed by atoms with van der Waals surface area (Å²) in [5, 5.41) is 11.4. The van der Waals surface area contributed by atoms with Gasteiger partial charge in [0.05, 0.1) is 4.91 Å². The van der Waals surface area contributed by atoms with Crippen LogP contribution in [0.3, 0.4) is 0 Å². The van der Waals surface area contributed by atoms with Crippen molar-refractivity contribution in [2.45, 2.75) is 12.1 Å². The number of hydrogen-bond acceptors (Lipinski definition) is 4. The molecule has 2 aromatic carbocycles. The Kier molecular flexibility index (Phi) is 4.72. The Bertz CT molecular complexity index is 1050. The van der Waals surface area contributed by atoms with Crippen LogP contribution in [0.25, 0.3) is 5.57 Å². The Morgan fingerprint density at radius 1 is 0.929 bits per heavy atom. The summed E-state index contributed by atoms with van der Waals surface area (Å²) in [5.41, 5.74) is 1.67. The fraction of sp³-hybridized carbons (Fsp3) is 0.0870. The summed E-state index contributed by atoms with van der Waals surface area (Å²) in [6.45, 7) is 0.369. The van der Waals surface area contributed by atoms with Crippen LogP contribution in [0.15, 0.2) is 89.9 Å². The molecular formula is C23H16N2O2S. The van der Waals surface area contributed by atoms with Crippen molar-refractivity contribution in [2.75, 3.05) is 0 Å². The van der Waals surface area contributed by atoms with Crippen LogP contribution in [0.4, 0.5) is 0 Å². The average molecular weight is 384 g/mol. The van der Waals surface area contributed by atoms with Gasteiger partial charge < -0.3 is 4.90 Å². The Morgan fingerprint density at radius 3 is 2.14 bits per heavy atom. The van der Waals surface area contributed by atoms with Gasteiger partial charge in [-0.05, 0) is 47.2 Å². The molecule has 0 unspecified atom stereocenters. The van der Waals surface area contributed by atoms with Gasteiger partial charge in [0, 0.05) is 12.1 Å². The SMILES string of the molecule is N#CSC1=C(c2ccccc2)C2(C=CC(=O)C=C2)N(Cc2ccccc2)C1=O. The van der Waals surface area contributed by atoms with E-state index < -0.39 is 5.54 Å². The number of thiocyanates is 1. The largest absolute Gasteiger partial charge is 0.317 e. The van der Waals surface area contributed by atoms with Crippen molar-refractivity contribution in [1.82, 2.24) is 4.90 Å². The van der Waals surface area contributed by atoms with Gasteiger partial charge in [-0.1, -0.05) is 60.7 Å². The highest BCUT2D eigenvalue weighted by atomic mass is 32.2. The maximum atomic E-state index is 13.4. The molecule has 4 rings (SSSR count). The number of benzene rings is 2. The molecule has 0 aromatic heterocycles. The molecule has 5 heteroatoms. The summed E-state index contributed by atoms with van der Waals surface area (Å²) >= 11 is 0.874. The van der Waals surface area contributed by atoms with Crippen LogP contribution >= 0.6 is 11.8 Å². The number of carbonyl (C=O) groups excluding carboxylic acids is 2. The second-order valence-corrected chi connectivity index (χ2v) is 7.33. The standard InChI is InChI=1S/C23H16N2O2S/c24-16-28-21-20(18-9-5-2-6-10-18)23(13-11-19(26)12-14-23)25(22(21)27)15-17-7-3-1-4-8-17/h1-14H,15H2. The number of rotatable bonds is 4. The number of nitrogens with zero attached hydrogens (tertiary/aromatic N) is 2. The van der Waals surface area contributed by atoms with Crippen LogP contribution in [0, 0.1) is 10.7 Å². The Hall–Kier alpha value is -3.36. The van der Waals surface area contributed by atoms with Gasteiger partial charge in [0.25, 0.3) is 5.91 Å². The molecule has 2 aromatic rings. The van der Waals surface area contributed by atoms with E-state index in [0.717, 1.165) is 28.5 Å². The van der Waals surface area contributed by atoms with Crippen LogP contribution < -0.4 is 0 Å². The third-order valence-electron chi connectivity index (χ3n) is 4.91. The smallest absolute Gasteiger partial charge is 0.263 e. The highest BCUT2D eigenvalue weighted by Crippen LogP contribution is 2.48. The Morgan fingerprint density at radius 2 is 1.54 bits per heavy atom. The van der Waals surface area contributed by atoms with Crippen molar-refractivity contribution in [1.29, 1.82) is 5.26 Å². The lowest BCUT2D eigenvalue weighted by molar-refractivity contribution is -0.127. The van der Waals surface area contributed by atoms with Gasteiger partial charge in [-0.2, -0.15) is 5.26 Å². The van der Waals surface area contributed by atoms with E-state index in [1.54, 1.807) is 17.1 Å². The van der Waals surface area contributed by atoms with Crippen molar-refractivity contribution in [2.24, 2.45) is 0 Å². The van der Waals surface area contributed by atoms with Gasteiger partial charge >= 0.3 is 0 Å². The van der Waals surface area contributed by atoms with Crippen molar-refractivity contribution in [3.8, 4) is 5.40 Å². The lowest BCUT2D eigenvalue weighted by atomic mass is 9.82. The first-order valence-corrected chi connectivity index (χ1v) is 9.62. The maximum Gasteiger partial charge on any atom is 0.263 e. The van der Waals surface area contributed by atoms with Gasteiger partial charge in [-0.3, -0.25) is 9.59 Å². The summed E-state index contributed by atoms with van der Waals surface area (Å²) in [5.74, 6) is -0.329. The van der Waals surface area contributed by atoms with Crippen molar-refractivity contribution >= 4 is 29.0 Å². The summed E-state index contributed by atoms with van der Waals surface area (Å²) in [7, 11) is 0. The molecule has 1 aliphatic heterocycles. The fourth-order valence-corrected chi connectivity index (χ4v) is 4.34. The monoisotopic (exact) mass is 384 g/mol. The number of hydrogen-bond donors (Lipinski definition) is 0. The second kappa shape index (κ2) is 7.34. The number of carbonyl (C=O) groups is 2. The van der Waals surface area contributed by atoms with Crippen molar-refractivity contribution in [3.63, 3.8) is 0 Å². The topological polar surface area (TPSA) is 61.2 Å². The van der Waals surface area contributed by atoms with E-state index in [4.69, 9.17) is 0 Å². The maximum absolute atomic E-state index is 13.4. The third kappa shape index (κ3) is 2.98. The van der Waals surface area contributed by atoms with Crippen molar-refractivity contribution < 1.29 is 9.59 Å². The first-order chi connectivity index (χ1) is 13.7. The van der Waals surface area contributed by atoms with Crippen LogP contribution in [0.5, 0.6) is 0 Å². The summed E-state index contributed by atoms with van der Waals surface area (Å²) < 4.78 is 0. The van der Waals surface area contributed by atoms with E-state index in [9.17, 15) is 14.9 Å². The van der Waals surface area contributed by atoms with E-state index >= 15 is 0 Å². The molecule has 2 aliphatic rings. The number of amides is 1. The molecular weight excluding hydrogens is 368 g/mol. The van der Waals surface area contributed by atoms with E-state index in [1.165, 1.54) is 12.2 Å². The minimum absolute atomic E-state index is 0.119. The van der Waals surface area contributed by atoms with E-state index in [2.05, 4.69) is 5.40 Å². The number of nitriles is 1. The van der Waals surface area contributed by atoms with Crippen LogP contribution in [-0.2, 0) is 16.1 Å². The van der Waals surface area contributed by atoms with Crippen molar-refractivity contribution in [3.05, 3.63) is 101 Å². The third-order valence-corrected chi connectivity index (χ3v) is 5.58. The highest BCUT2D eigenvalue weighted by molar-refractivity contribution is 8.08. The average Bonchev–Trinajstić information content (AvgIpc) is 2.94. The molecule has 0 atom stereocenters. The molecule has 1 heterocycles. The van der Waals surface area contributed by atoms with E-state index in [1.807, 2.05) is 60.7 Å². The molecule has 0 N–H and O–H groups in total. The fourth-order valence-electron chi connectivity index (χ4n) is 3.67. The predicted molar refractivity (Wildman–Crippen MR) is 110 cm³/mol. The van der Waals surface area contributed by atoms with Gasteiger partial charge in [-0.15, -0.1) is 0 Å². The molecule has 0 bridgehead atoms. The summed E-state index contributed by atoms with van der Waals surface area (Å²) in [4.78, 5) is 27.4. The zero-order valence-electron chi connectivity index (χ0n) is 14.9. The summed E-state index contributed by atoms with van der Waals surface area (Å²) in [6, 6.07) is 19.2. The lowest BCUT2D eigenvalue weighted by Crippen LogP contribution is -2.45. The molecule has 0 saturated heterocycles. The number of ketones is 1. The summed E-state index contributed by atoms with van der Waals surface area (Å²) in [6.07, 6.45) is 6.52. The molecule has 0 saturated carbocycles. The highest BCUT2D eigenvalue weighted by Gasteiger charge is 2.50. The molecule has 136 valence electrons. The van der Waals surface area contributed by atoms with E-state index in [-0.39, 0.29) is 11.7 Å². The molecule has 0 radical (unpaired) electrons. The number of thioether (sulfide) groups is 1. The van der Waals surface area contributed by atoms with Crippen LogP contribution in [0.1, 0.15) is 11.1 Å². The zero-order chi connectivity index (χ0) is 19.6. The minimum atomic E-state index is -0.901. The lowest BCUT2D eigenvalue weighted by Gasteiger charge is -2.37. The zero-order valence-corrected chi connectivity index (χ0v) is 15.7.